The molecule has 31 heavy (non-hydrogen) atoms. The molecule has 1 amide bonds. The van der Waals surface area contributed by atoms with E-state index < -0.39 is 0 Å². The lowest BCUT2D eigenvalue weighted by molar-refractivity contribution is -0.116. The van der Waals surface area contributed by atoms with Crippen LogP contribution in [0.4, 0.5) is 0 Å². The summed E-state index contributed by atoms with van der Waals surface area (Å²) in [4.78, 5) is 12.3. The Balaban J connectivity index is 1.63. The highest BCUT2D eigenvalue weighted by molar-refractivity contribution is 9.10. The van der Waals surface area contributed by atoms with E-state index >= 15 is 0 Å². The van der Waals surface area contributed by atoms with E-state index in [0.717, 1.165) is 39.3 Å². The predicted molar refractivity (Wildman–Crippen MR) is 125 cm³/mol. The molecule has 0 aliphatic carbocycles. The number of benzene rings is 2. The average Bonchev–Trinajstić information content (AvgIpc) is 3.15. The Bertz CT molecular complexity index is 1060. The average molecular weight is 484 g/mol. The number of carbonyl (C=O) groups is 1. The third kappa shape index (κ3) is 6.21. The zero-order chi connectivity index (χ0) is 22.2. The quantitative estimate of drug-likeness (QED) is 0.440. The van der Waals surface area contributed by atoms with Gasteiger partial charge in [-0.3, -0.25) is 9.48 Å². The highest BCUT2D eigenvalue weighted by atomic mass is 79.9. The van der Waals surface area contributed by atoms with Gasteiger partial charge in [-0.15, -0.1) is 0 Å². The van der Waals surface area contributed by atoms with Crippen LogP contribution in [0.15, 0.2) is 59.2 Å². The van der Waals surface area contributed by atoms with Crippen molar-refractivity contribution < 1.29 is 14.3 Å². The highest BCUT2D eigenvalue weighted by Gasteiger charge is 2.09. The minimum atomic E-state index is -0.177. The third-order valence-electron chi connectivity index (χ3n) is 4.77. The van der Waals surface area contributed by atoms with Gasteiger partial charge in [0.25, 0.3) is 0 Å². The molecule has 0 aliphatic heterocycles. The molecule has 0 spiro atoms. The smallest absolute Gasteiger partial charge is 0.244 e. The van der Waals surface area contributed by atoms with Crippen molar-refractivity contribution in [3.8, 4) is 11.5 Å². The maximum absolute atomic E-state index is 12.3. The van der Waals surface area contributed by atoms with Crippen LogP contribution < -0.4 is 14.8 Å². The topological polar surface area (TPSA) is 65.4 Å². The summed E-state index contributed by atoms with van der Waals surface area (Å²) >= 11 is 3.46. The molecular formula is C24H26BrN3O3. The number of hydrogen-bond acceptors (Lipinski definition) is 4. The molecule has 2 aromatic carbocycles. The van der Waals surface area contributed by atoms with Gasteiger partial charge in [-0.05, 0) is 65.7 Å². The van der Waals surface area contributed by atoms with Gasteiger partial charge in [0.05, 0.1) is 30.0 Å². The molecule has 0 saturated heterocycles. The fourth-order valence-electron chi connectivity index (χ4n) is 3.05. The summed E-state index contributed by atoms with van der Waals surface area (Å²) in [5.41, 5.74) is 3.91. The Kier molecular flexibility index (Phi) is 7.89. The monoisotopic (exact) mass is 483 g/mol. The molecule has 1 N–H and O–H groups in total. The number of nitrogens with zero attached hydrogens (tertiary/aromatic N) is 2. The van der Waals surface area contributed by atoms with Gasteiger partial charge < -0.3 is 14.8 Å². The van der Waals surface area contributed by atoms with E-state index in [4.69, 9.17) is 9.47 Å². The first-order chi connectivity index (χ1) is 15.0. The molecule has 0 bridgehead atoms. The van der Waals surface area contributed by atoms with Crippen molar-refractivity contribution in [3.05, 3.63) is 81.6 Å². The van der Waals surface area contributed by atoms with Crippen molar-refractivity contribution in [2.75, 3.05) is 7.11 Å². The first-order valence-corrected chi connectivity index (χ1v) is 10.8. The Morgan fingerprint density at radius 1 is 1.23 bits per heavy atom. The molecule has 0 aliphatic rings. The second-order valence-corrected chi connectivity index (χ2v) is 7.83. The van der Waals surface area contributed by atoms with Gasteiger partial charge in [0.1, 0.15) is 18.1 Å². The molecular weight excluding hydrogens is 458 g/mol. The number of halogens is 1. The van der Waals surface area contributed by atoms with Gasteiger partial charge in [-0.25, -0.2) is 0 Å². The fourth-order valence-corrected chi connectivity index (χ4v) is 3.48. The number of aryl methyl sites for hydroxylation is 2. The molecule has 0 unspecified atom stereocenters. The predicted octanol–water partition coefficient (Wildman–Crippen LogP) is 4.89. The third-order valence-corrected chi connectivity index (χ3v) is 5.44. The first kappa shape index (κ1) is 22.6. The van der Waals surface area contributed by atoms with E-state index in [9.17, 15) is 4.79 Å². The maximum Gasteiger partial charge on any atom is 0.244 e. The SMILES string of the molecule is CCn1ncc(Br)c1CNC(=O)/C=C/c1ccc(OC)c(COc2ccc(C)cc2)c1. The number of rotatable bonds is 9. The molecule has 0 radical (unpaired) electrons. The molecule has 1 aromatic heterocycles. The molecule has 3 aromatic rings. The zero-order valence-electron chi connectivity index (χ0n) is 17.9. The number of amides is 1. The van der Waals surface area contributed by atoms with Crippen molar-refractivity contribution >= 4 is 27.9 Å². The van der Waals surface area contributed by atoms with E-state index in [1.807, 2.05) is 61.0 Å². The number of aromatic nitrogens is 2. The second-order valence-electron chi connectivity index (χ2n) is 6.98. The van der Waals surface area contributed by atoms with Crippen LogP contribution in [0.1, 0.15) is 29.3 Å². The number of nitrogens with one attached hydrogen (secondary N) is 1. The molecule has 6 nitrogen and oxygen atoms in total. The Labute approximate surface area is 191 Å². The largest absolute Gasteiger partial charge is 0.496 e. The summed E-state index contributed by atoms with van der Waals surface area (Å²) < 4.78 is 14.1. The summed E-state index contributed by atoms with van der Waals surface area (Å²) in [6.45, 7) is 5.56. The van der Waals surface area contributed by atoms with Gasteiger partial charge in [0, 0.05) is 18.2 Å². The molecule has 0 saturated carbocycles. The molecule has 7 heteroatoms. The Hall–Kier alpha value is -3.06. The Morgan fingerprint density at radius 3 is 2.71 bits per heavy atom. The number of methoxy groups -OCH3 is 1. The second kappa shape index (κ2) is 10.8. The summed E-state index contributed by atoms with van der Waals surface area (Å²) in [6, 6.07) is 13.6. The van der Waals surface area contributed by atoms with Gasteiger partial charge >= 0.3 is 0 Å². The maximum atomic E-state index is 12.3. The van der Waals surface area contributed by atoms with Crippen molar-refractivity contribution in [1.82, 2.24) is 15.1 Å². The van der Waals surface area contributed by atoms with Crippen molar-refractivity contribution in [3.63, 3.8) is 0 Å². The van der Waals surface area contributed by atoms with Crippen LogP contribution in [0.3, 0.4) is 0 Å². The van der Waals surface area contributed by atoms with E-state index in [1.165, 1.54) is 11.6 Å². The van der Waals surface area contributed by atoms with Crippen LogP contribution >= 0.6 is 15.9 Å². The van der Waals surface area contributed by atoms with Gasteiger partial charge in [0.15, 0.2) is 0 Å². The van der Waals surface area contributed by atoms with Gasteiger partial charge in [-0.2, -0.15) is 5.10 Å². The summed E-state index contributed by atoms with van der Waals surface area (Å²) in [6.07, 6.45) is 5.03. The minimum absolute atomic E-state index is 0.177. The lowest BCUT2D eigenvalue weighted by Crippen LogP contribution is -2.22. The van der Waals surface area contributed by atoms with Crippen molar-refractivity contribution in [2.24, 2.45) is 0 Å². The van der Waals surface area contributed by atoms with E-state index in [1.54, 1.807) is 19.4 Å². The molecule has 0 fully saturated rings. The lowest BCUT2D eigenvalue weighted by Gasteiger charge is -2.11. The minimum Gasteiger partial charge on any atom is -0.496 e. The summed E-state index contributed by atoms with van der Waals surface area (Å²) in [5, 5.41) is 7.15. The summed E-state index contributed by atoms with van der Waals surface area (Å²) in [5.74, 6) is 1.36. The van der Waals surface area contributed by atoms with Gasteiger partial charge in [0.2, 0.25) is 5.91 Å². The van der Waals surface area contributed by atoms with Crippen molar-refractivity contribution in [2.45, 2.75) is 33.5 Å². The first-order valence-electron chi connectivity index (χ1n) is 10.0. The van der Waals surface area contributed by atoms with E-state index in [-0.39, 0.29) is 5.91 Å². The Morgan fingerprint density at radius 2 is 2.00 bits per heavy atom. The van der Waals surface area contributed by atoms with Crippen LogP contribution in [-0.2, 0) is 24.5 Å². The van der Waals surface area contributed by atoms with Gasteiger partial charge in [-0.1, -0.05) is 23.8 Å². The van der Waals surface area contributed by atoms with E-state index in [0.29, 0.717) is 13.2 Å². The highest BCUT2D eigenvalue weighted by Crippen LogP contribution is 2.23. The zero-order valence-corrected chi connectivity index (χ0v) is 19.5. The van der Waals surface area contributed by atoms with Crippen LogP contribution in [-0.4, -0.2) is 22.8 Å². The van der Waals surface area contributed by atoms with Crippen LogP contribution in [0.25, 0.3) is 6.08 Å². The molecule has 1 heterocycles. The molecule has 162 valence electrons. The van der Waals surface area contributed by atoms with Crippen LogP contribution in [0, 0.1) is 6.92 Å². The number of carbonyl (C=O) groups excluding carboxylic acids is 1. The fraction of sp³-hybridized carbons (Fsp3) is 0.250. The van der Waals surface area contributed by atoms with Crippen LogP contribution in [0.2, 0.25) is 0 Å². The molecule has 0 atom stereocenters. The standard InChI is InChI=1S/C24H26BrN3O3/c1-4-28-22(21(25)14-27-28)15-26-24(29)12-8-18-7-11-23(30-3)19(13-18)16-31-20-9-5-17(2)6-10-20/h5-14H,4,15-16H2,1-3H3,(H,26,29)/b12-8+. The normalized spacial score (nSPS) is 11.0. The van der Waals surface area contributed by atoms with Crippen LogP contribution in [0.5, 0.6) is 11.5 Å². The van der Waals surface area contributed by atoms with E-state index in [2.05, 4.69) is 26.3 Å². The molecule has 3 rings (SSSR count). The lowest BCUT2D eigenvalue weighted by atomic mass is 10.1. The number of ether oxygens (including phenoxy) is 2. The number of hydrogen-bond donors (Lipinski definition) is 1. The summed E-state index contributed by atoms with van der Waals surface area (Å²) in [7, 11) is 1.63. The van der Waals surface area contributed by atoms with Crippen molar-refractivity contribution in [1.29, 1.82) is 0 Å².